The highest BCUT2D eigenvalue weighted by molar-refractivity contribution is 7.99. The van der Waals surface area contributed by atoms with Gasteiger partial charge in [0.25, 0.3) is 5.91 Å². The number of hydrogen-bond acceptors (Lipinski definition) is 3. The summed E-state index contributed by atoms with van der Waals surface area (Å²) in [5.74, 6) is 0.756. The van der Waals surface area contributed by atoms with Gasteiger partial charge in [-0.15, -0.1) is 11.8 Å². The van der Waals surface area contributed by atoms with Gasteiger partial charge in [-0.2, -0.15) is 0 Å². The first kappa shape index (κ1) is 16.1. The number of amides is 1. The van der Waals surface area contributed by atoms with Crippen LogP contribution in [0.15, 0.2) is 40.8 Å². The van der Waals surface area contributed by atoms with Crippen LogP contribution in [-0.2, 0) is 0 Å². The molecule has 0 unspecified atom stereocenters. The summed E-state index contributed by atoms with van der Waals surface area (Å²) < 4.78 is 0. The minimum Gasteiger partial charge on any atom is -0.388 e. The molecule has 0 bridgehead atoms. The number of nitrogens with one attached hydrogen (secondary N) is 1. The lowest BCUT2D eigenvalue weighted by Gasteiger charge is -2.36. The van der Waals surface area contributed by atoms with Gasteiger partial charge in [-0.3, -0.25) is 4.79 Å². The van der Waals surface area contributed by atoms with E-state index in [1.807, 2.05) is 24.3 Å². The van der Waals surface area contributed by atoms with Crippen LogP contribution in [0, 0.1) is 0 Å². The molecule has 2 rings (SSSR count). The molecule has 1 aliphatic rings. The van der Waals surface area contributed by atoms with E-state index in [1.54, 1.807) is 11.8 Å². The maximum atomic E-state index is 12.3. The van der Waals surface area contributed by atoms with Gasteiger partial charge in [-0.1, -0.05) is 23.8 Å². The van der Waals surface area contributed by atoms with E-state index < -0.39 is 5.60 Å². The predicted molar refractivity (Wildman–Crippen MR) is 87.7 cm³/mol. The Hall–Kier alpha value is -1.26. The van der Waals surface area contributed by atoms with E-state index in [2.05, 4.69) is 25.2 Å². The first-order valence-electron chi connectivity index (χ1n) is 7.36. The van der Waals surface area contributed by atoms with Gasteiger partial charge < -0.3 is 10.4 Å². The van der Waals surface area contributed by atoms with E-state index in [4.69, 9.17) is 0 Å². The SMILES string of the molecule is CC(C)=CCSc1ccccc1C(=O)NCC1(O)CCC1. The highest BCUT2D eigenvalue weighted by Gasteiger charge is 2.34. The summed E-state index contributed by atoms with van der Waals surface area (Å²) in [7, 11) is 0. The number of allylic oxidation sites excluding steroid dienone is 1. The third-order valence-corrected chi connectivity index (χ3v) is 4.72. The Labute approximate surface area is 130 Å². The molecule has 0 saturated heterocycles. The van der Waals surface area contributed by atoms with Crippen LogP contribution in [0.5, 0.6) is 0 Å². The van der Waals surface area contributed by atoms with Crippen molar-refractivity contribution in [2.24, 2.45) is 0 Å². The Bertz CT molecular complexity index is 531. The smallest absolute Gasteiger partial charge is 0.252 e. The highest BCUT2D eigenvalue weighted by Crippen LogP contribution is 2.31. The molecule has 0 atom stereocenters. The Kier molecular flexibility index (Phi) is 5.48. The van der Waals surface area contributed by atoms with Crippen molar-refractivity contribution in [3.8, 4) is 0 Å². The molecule has 1 aromatic carbocycles. The van der Waals surface area contributed by atoms with Gasteiger partial charge in [0.05, 0.1) is 11.2 Å². The minimum atomic E-state index is -0.681. The Morgan fingerprint density at radius 3 is 2.71 bits per heavy atom. The van der Waals surface area contributed by atoms with Crippen LogP contribution in [0.2, 0.25) is 0 Å². The summed E-state index contributed by atoms with van der Waals surface area (Å²) >= 11 is 1.66. The largest absolute Gasteiger partial charge is 0.388 e. The molecule has 3 nitrogen and oxygen atoms in total. The van der Waals surface area contributed by atoms with Crippen LogP contribution in [0.4, 0.5) is 0 Å². The zero-order chi connectivity index (χ0) is 15.3. The molecule has 1 saturated carbocycles. The fourth-order valence-corrected chi connectivity index (χ4v) is 3.27. The van der Waals surface area contributed by atoms with Crippen molar-refractivity contribution in [2.75, 3.05) is 12.3 Å². The number of carbonyl (C=O) groups excluding carboxylic acids is 1. The molecule has 0 heterocycles. The second-order valence-electron chi connectivity index (χ2n) is 5.85. The average Bonchev–Trinajstić information content (AvgIpc) is 2.43. The molecule has 2 N–H and O–H groups in total. The van der Waals surface area contributed by atoms with Crippen LogP contribution >= 0.6 is 11.8 Å². The zero-order valence-electron chi connectivity index (χ0n) is 12.7. The van der Waals surface area contributed by atoms with E-state index in [0.29, 0.717) is 12.1 Å². The fraction of sp³-hybridized carbons (Fsp3) is 0.471. The van der Waals surface area contributed by atoms with Gasteiger partial charge in [0.15, 0.2) is 0 Å². The van der Waals surface area contributed by atoms with Crippen LogP contribution < -0.4 is 5.32 Å². The third kappa shape index (κ3) is 4.61. The van der Waals surface area contributed by atoms with E-state index in [1.165, 1.54) is 5.57 Å². The Morgan fingerprint density at radius 2 is 2.10 bits per heavy atom. The maximum Gasteiger partial charge on any atom is 0.252 e. The van der Waals surface area contributed by atoms with Crippen molar-refractivity contribution in [3.05, 3.63) is 41.5 Å². The van der Waals surface area contributed by atoms with Crippen molar-refractivity contribution in [3.63, 3.8) is 0 Å². The molecule has 4 heteroatoms. The summed E-state index contributed by atoms with van der Waals surface area (Å²) in [6.07, 6.45) is 4.76. The summed E-state index contributed by atoms with van der Waals surface area (Å²) in [5.41, 5.74) is 1.28. The number of benzene rings is 1. The number of thioether (sulfide) groups is 1. The number of hydrogen-bond donors (Lipinski definition) is 2. The Morgan fingerprint density at radius 1 is 1.38 bits per heavy atom. The van der Waals surface area contributed by atoms with E-state index in [-0.39, 0.29) is 5.91 Å². The van der Waals surface area contributed by atoms with Gasteiger partial charge in [0.2, 0.25) is 0 Å². The second-order valence-corrected chi connectivity index (χ2v) is 6.91. The van der Waals surface area contributed by atoms with Gasteiger partial charge in [0, 0.05) is 17.2 Å². The van der Waals surface area contributed by atoms with Crippen molar-refractivity contribution < 1.29 is 9.90 Å². The quantitative estimate of drug-likeness (QED) is 0.625. The molecule has 1 aliphatic carbocycles. The molecule has 0 aliphatic heterocycles. The Balaban J connectivity index is 1.97. The lowest BCUT2D eigenvalue weighted by atomic mass is 9.80. The number of aliphatic hydroxyl groups is 1. The molecule has 114 valence electrons. The van der Waals surface area contributed by atoms with Crippen LogP contribution in [-0.4, -0.2) is 28.9 Å². The van der Waals surface area contributed by atoms with Crippen LogP contribution in [0.25, 0.3) is 0 Å². The highest BCUT2D eigenvalue weighted by atomic mass is 32.2. The summed E-state index contributed by atoms with van der Waals surface area (Å²) in [4.78, 5) is 13.3. The van der Waals surface area contributed by atoms with Crippen LogP contribution in [0.3, 0.4) is 0 Å². The molecule has 1 amide bonds. The van der Waals surface area contributed by atoms with Gasteiger partial charge >= 0.3 is 0 Å². The third-order valence-electron chi connectivity index (χ3n) is 3.72. The molecular weight excluding hydrogens is 282 g/mol. The molecule has 21 heavy (non-hydrogen) atoms. The fourth-order valence-electron chi connectivity index (χ4n) is 2.18. The lowest BCUT2D eigenvalue weighted by Crippen LogP contribution is -2.47. The molecular formula is C17H23NO2S. The molecule has 0 aromatic heterocycles. The van der Waals surface area contributed by atoms with E-state index >= 15 is 0 Å². The van der Waals surface area contributed by atoms with Gasteiger partial charge in [-0.05, 0) is 45.2 Å². The monoisotopic (exact) mass is 305 g/mol. The molecule has 0 spiro atoms. The van der Waals surface area contributed by atoms with Crippen molar-refractivity contribution in [1.29, 1.82) is 0 Å². The second kappa shape index (κ2) is 7.14. The summed E-state index contributed by atoms with van der Waals surface area (Å²) in [5, 5.41) is 12.9. The molecule has 1 fully saturated rings. The van der Waals surface area contributed by atoms with Gasteiger partial charge in [-0.25, -0.2) is 0 Å². The number of rotatable bonds is 6. The number of carbonyl (C=O) groups is 1. The standard InChI is InChI=1S/C17H23NO2S/c1-13(2)8-11-21-15-7-4-3-6-14(15)16(19)18-12-17(20)9-5-10-17/h3-4,6-8,20H,5,9-12H2,1-2H3,(H,18,19). The topological polar surface area (TPSA) is 49.3 Å². The predicted octanol–water partition coefficient (Wildman–Crippen LogP) is 3.39. The van der Waals surface area contributed by atoms with E-state index in [0.717, 1.165) is 29.9 Å². The van der Waals surface area contributed by atoms with E-state index in [9.17, 15) is 9.90 Å². The minimum absolute atomic E-state index is 0.101. The lowest BCUT2D eigenvalue weighted by molar-refractivity contribution is -0.0300. The summed E-state index contributed by atoms with van der Waals surface area (Å²) in [6.45, 7) is 4.48. The maximum absolute atomic E-state index is 12.3. The molecule has 1 aromatic rings. The first-order chi connectivity index (χ1) is 10.0. The van der Waals surface area contributed by atoms with Gasteiger partial charge in [0.1, 0.15) is 0 Å². The average molecular weight is 305 g/mol. The zero-order valence-corrected chi connectivity index (χ0v) is 13.5. The normalized spacial score (nSPS) is 16.0. The van der Waals surface area contributed by atoms with Crippen LogP contribution in [0.1, 0.15) is 43.5 Å². The van der Waals surface area contributed by atoms with Crippen molar-refractivity contribution in [1.82, 2.24) is 5.32 Å². The summed E-state index contributed by atoms with van der Waals surface area (Å²) in [6, 6.07) is 7.63. The van der Waals surface area contributed by atoms with Crippen molar-refractivity contribution in [2.45, 2.75) is 43.6 Å². The first-order valence-corrected chi connectivity index (χ1v) is 8.34. The van der Waals surface area contributed by atoms with Crippen molar-refractivity contribution >= 4 is 17.7 Å². The molecule has 0 radical (unpaired) electrons.